The molecule has 0 fully saturated rings. The van der Waals surface area contributed by atoms with Crippen molar-refractivity contribution in [2.24, 2.45) is 0 Å². The Hall–Kier alpha value is -2.47. The van der Waals surface area contributed by atoms with Crippen LogP contribution in [0.25, 0.3) is 0 Å². The fraction of sp³-hybridized carbons (Fsp3) is 0.300. The first-order chi connectivity index (χ1) is 12.4. The van der Waals surface area contributed by atoms with Crippen LogP contribution in [0.1, 0.15) is 42.7 Å². The van der Waals surface area contributed by atoms with E-state index < -0.39 is 0 Å². The van der Waals surface area contributed by atoms with E-state index in [2.05, 4.69) is 10.6 Å². The number of hydrogen-bond acceptors (Lipinski definition) is 4. The Morgan fingerprint density at radius 1 is 1.15 bits per heavy atom. The first-order valence-electron chi connectivity index (χ1n) is 8.56. The molecule has 1 unspecified atom stereocenters. The fourth-order valence-corrected chi connectivity index (χ4v) is 3.48. The zero-order chi connectivity index (χ0) is 18.7. The molecule has 1 heterocycles. The highest BCUT2D eigenvalue weighted by Crippen LogP contribution is 2.32. The van der Waals surface area contributed by atoms with Gasteiger partial charge >= 0.3 is 0 Å². The quantitative estimate of drug-likeness (QED) is 0.834. The third-order valence-corrected chi connectivity index (χ3v) is 5.05. The number of thioether (sulfide) groups is 1. The number of hydrogen-bond donors (Lipinski definition) is 2. The van der Waals surface area contributed by atoms with Crippen molar-refractivity contribution in [2.75, 3.05) is 11.1 Å². The van der Waals surface area contributed by atoms with Gasteiger partial charge in [0.05, 0.1) is 23.6 Å². The standard InChI is InChI=1S/C20H22N2O3S/c1-12(2)25-16-7-4-14(5-8-16)13(3)21-20(24)15-6-9-18-17(10-15)22-19(23)11-26-18/h4-10,12-13H,11H2,1-3H3,(H,21,24)(H,22,23). The first-order valence-corrected chi connectivity index (χ1v) is 9.55. The Bertz CT molecular complexity index is 818. The zero-order valence-electron chi connectivity index (χ0n) is 15.0. The molecule has 1 aliphatic rings. The molecule has 2 aromatic carbocycles. The maximum atomic E-state index is 12.6. The van der Waals surface area contributed by atoms with Crippen LogP contribution in [0, 0.1) is 0 Å². The van der Waals surface area contributed by atoms with E-state index in [9.17, 15) is 9.59 Å². The van der Waals surface area contributed by atoms with E-state index in [-0.39, 0.29) is 24.0 Å². The average Bonchev–Trinajstić information content (AvgIpc) is 2.61. The van der Waals surface area contributed by atoms with E-state index in [4.69, 9.17) is 4.74 Å². The minimum atomic E-state index is -0.173. The molecule has 0 spiro atoms. The summed E-state index contributed by atoms with van der Waals surface area (Å²) in [4.78, 5) is 25.1. The molecule has 0 saturated carbocycles. The van der Waals surface area contributed by atoms with Crippen molar-refractivity contribution in [1.29, 1.82) is 0 Å². The molecule has 2 aromatic rings. The van der Waals surface area contributed by atoms with Crippen molar-refractivity contribution in [3.05, 3.63) is 53.6 Å². The Labute approximate surface area is 157 Å². The molecule has 3 rings (SSSR count). The third kappa shape index (κ3) is 4.38. The van der Waals surface area contributed by atoms with Crippen molar-refractivity contribution in [2.45, 2.75) is 37.8 Å². The normalized spacial score (nSPS) is 14.4. The van der Waals surface area contributed by atoms with E-state index in [1.54, 1.807) is 12.1 Å². The van der Waals surface area contributed by atoms with Gasteiger partial charge in [-0.15, -0.1) is 11.8 Å². The molecule has 0 aromatic heterocycles. The number of anilines is 1. The Balaban J connectivity index is 1.67. The minimum Gasteiger partial charge on any atom is -0.491 e. The van der Waals surface area contributed by atoms with E-state index >= 15 is 0 Å². The topological polar surface area (TPSA) is 67.4 Å². The van der Waals surface area contributed by atoms with E-state index in [1.807, 2.05) is 51.1 Å². The molecular formula is C20H22N2O3S. The number of nitrogens with one attached hydrogen (secondary N) is 2. The second-order valence-corrected chi connectivity index (χ2v) is 7.50. The highest BCUT2D eigenvalue weighted by Gasteiger charge is 2.18. The van der Waals surface area contributed by atoms with Gasteiger partial charge in [0.15, 0.2) is 0 Å². The van der Waals surface area contributed by atoms with Gasteiger partial charge in [-0.1, -0.05) is 12.1 Å². The number of rotatable bonds is 5. The Kier molecular flexibility index (Phi) is 5.52. The summed E-state index contributed by atoms with van der Waals surface area (Å²) in [6.45, 7) is 5.90. The van der Waals surface area contributed by atoms with Crippen LogP contribution in [0.4, 0.5) is 5.69 Å². The van der Waals surface area contributed by atoms with Crippen molar-refractivity contribution >= 4 is 29.3 Å². The van der Waals surface area contributed by atoms with Crippen LogP contribution >= 0.6 is 11.8 Å². The van der Waals surface area contributed by atoms with Gasteiger partial charge in [0.25, 0.3) is 5.91 Å². The summed E-state index contributed by atoms with van der Waals surface area (Å²) in [6, 6.07) is 12.9. The summed E-state index contributed by atoms with van der Waals surface area (Å²) in [5.41, 5.74) is 2.22. The molecule has 136 valence electrons. The van der Waals surface area contributed by atoms with Crippen LogP contribution in [0.15, 0.2) is 47.4 Å². The SMILES string of the molecule is CC(C)Oc1ccc(C(C)NC(=O)c2ccc3c(c2)NC(=O)CS3)cc1. The number of carbonyl (C=O) groups is 2. The Morgan fingerprint density at radius 2 is 1.88 bits per heavy atom. The van der Waals surface area contributed by atoms with Gasteiger partial charge < -0.3 is 15.4 Å². The predicted octanol–water partition coefficient (Wildman–Crippen LogP) is 4.01. The summed E-state index contributed by atoms with van der Waals surface area (Å²) in [7, 11) is 0. The van der Waals surface area contributed by atoms with Crippen LogP contribution in [-0.4, -0.2) is 23.7 Å². The molecular weight excluding hydrogens is 348 g/mol. The van der Waals surface area contributed by atoms with Crippen molar-refractivity contribution < 1.29 is 14.3 Å². The van der Waals surface area contributed by atoms with Crippen LogP contribution in [0.5, 0.6) is 5.75 Å². The highest BCUT2D eigenvalue weighted by molar-refractivity contribution is 8.00. The molecule has 26 heavy (non-hydrogen) atoms. The molecule has 1 atom stereocenters. The Morgan fingerprint density at radius 3 is 2.58 bits per heavy atom. The van der Waals surface area contributed by atoms with Gasteiger partial charge in [-0.05, 0) is 56.7 Å². The maximum absolute atomic E-state index is 12.6. The maximum Gasteiger partial charge on any atom is 0.251 e. The summed E-state index contributed by atoms with van der Waals surface area (Å²) < 4.78 is 5.64. The van der Waals surface area contributed by atoms with Crippen LogP contribution in [0.3, 0.4) is 0 Å². The van der Waals surface area contributed by atoms with Gasteiger partial charge in [0.2, 0.25) is 5.91 Å². The lowest BCUT2D eigenvalue weighted by atomic mass is 10.1. The van der Waals surface area contributed by atoms with Crippen LogP contribution in [-0.2, 0) is 4.79 Å². The number of amides is 2. The van der Waals surface area contributed by atoms with Crippen LogP contribution in [0.2, 0.25) is 0 Å². The van der Waals surface area contributed by atoms with Gasteiger partial charge in [0, 0.05) is 10.5 Å². The second kappa shape index (κ2) is 7.83. The third-order valence-electron chi connectivity index (χ3n) is 3.97. The molecule has 0 saturated heterocycles. The number of ether oxygens (including phenoxy) is 1. The number of carbonyl (C=O) groups excluding carboxylic acids is 2. The number of fused-ring (bicyclic) bond motifs is 1. The molecule has 2 N–H and O–H groups in total. The number of benzene rings is 2. The summed E-state index contributed by atoms with van der Waals surface area (Å²) >= 11 is 1.48. The largest absolute Gasteiger partial charge is 0.491 e. The lowest BCUT2D eigenvalue weighted by molar-refractivity contribution is -0.113. The van der Waals surface area contributed by atoms with Gasteiger partial charge in [-0.3, -0.25) is 9.59 Å². The molecule has 0 bridgehead atoms. The van der Waals surface area contributed by atoms with Gasteiger partial charge in [-0.2, -0.15) is 0 Å². The molecule has 0 radical (unpaired) electrons. The zero-order valence-corrected chi connectivity index (χ0v) is 15.9. The summed E-state index contributed by atoms with van der Waals surface area (Å²) in [5.74, 6) is 1.00. The lowest BCUT2D eigenvalue weighted by Gasteiger charge is -2.18. The summed E-state index contributed by atoms with van der Waals surface area (Å²) in [5, 5.41) is 5.80. The van der Waals surface area contributed by atoms with E-state index in [0.717, 1.165) is 16.2 Å². The van der Waals surface area contributed by atoms with Gasteiger partial charge in [-0.25, -0.2) is 0 Å². The smallest absolute Gasteiger partial charge is 0.251 e. The monoisotopic (exact) mass is 370 g/mol. The van der Waals surface area contributed by atoms with Crippen molar-refractivity contribution in [3.63, 3.8) is 0 Å². The first kappa shape index (κ1) is 18.3. The van der Waals surface area contributed by atoms with Crippen molar-refractivity contribution in [3.8, 4) is 5.75 Å². The van der Waals surface area contributed by atoms with E-state index in [1.165, 1.54) is 11.8 Å². The minimum absolute atomic E-state index is 0.0443. The molecule has 5 nitrogen and oxygen atoms in total. The molecule has 1 aliphatic heterocycles. The fourth-order valence-electron chi connectivity index (χ4n) is 2.69. The lowest BCUT2D eigenvalue weighted by Crippen LogP contribution is -2.27. The van der Waals surface area contributed by atoms with Gasteiger partial charge in [0.1, 0.15) is 5.75 Å². The van der Waals surface area contributed by atoms with Crippen molar-refractivity contribution in [1.82, 2.24) is 5.32 Å². The van der Waals surface area contributed by atoms with Crippen LogP contribution < -0.4 is 15.4 Å². The highest BCUT2D eigenvalue weighted by atomic mass is 32.2. The molecule has 0 aliphatic carbocycles. The molecule has 6 heteroatoms. The second-order valence-electron chi connectivity index (χ2n) is 6.48. The average molecular weight is 370 g/mol. The molecule has 2 amide bonds. The van der Waals surface area contributed by atoms with E-state index in [0.29, 0.717) is 17.0 Å². The summed E-state index contributed by atoms with van der Waals surface area (Å²) in [6.07, 6.45) is 0.126. The predicted molar refractivity (Wildman–Crippen MR) is 104 cm³/mol.